The van der Waals surface area contributed by atoms with Crippen molar-refractivity contribution in [2.45, 2.75) is 6.54 Å². The molecule has 0 radical (unpaired) electrons. The summed E-state index contributed by atoms with van der Waals surface area (Å²) in [6.45, 7) is 0.318. The van der Waals surface area contributed by atoms with Gasteiger partial charge in [0, 0.05) is 37.0 Å². The van der Waals surface area contributed by atoms with Crippen molar-refractivity contribution in [2.24, 2.45) is 0 Å². The van der Waals surface area contributed by atoms with Gasteiger partial charge in [-0.15, -0.1) is 0 Å². The van der Waals surface area contributed by atoms with Crippen LogP contribution < -0.4 is 10.6 Å². The molecule has 0 unspecified atom stereocenters. The highest BCUT2D eigenvalue weighted by Crippen LogP contribution is 2.11. The summed E-state index contributed by atoms with van der Waals surface area (Å²) in [6.07, 6.45) is 6.05. The molecule has 2 heterocycles. The van der Waals surface area contributed by atoms with E-state index in [-0.39, 0.29) is 17.0 Å². The van der Waals surface area contributed by atoms with Crippen molar-refractivity contribution in [2.75, 3.05) is 5.32 Å². The minimum atomic E-state index is -0.439. The average Bonchev–Trinajstić information content (AvgIpc) is 2.69. The lowest BCUT2D eigenvalue weighted by Gasteiger charge is -2.08. The maximum atomic E-state index is 12.9. The van der Waals surface area contributed by atoms with Gasteiger partial charge in [-0.3, -0.25) is 19.6 Å². The highest BCUT2D eigenvalue weighted by Gasteiger charge is 2.12. The van der Waals surface area contributed by atoms with Crippen molar-refractivity contribution in [1.29, 1.82) is 0 Å². The molecule has 0 aliphatic heterocycles. The van der Waals surface area contributed by atoms with Crippen molar-refractivity contribution in [3.63, 3.8) is 0 Å². The highest BCUT2D eigenvalue weighted by molar-refractivity contribution is 6.05. The number of aromatic nitrogens is 2. The Morgan fingerprint density at radius 1 is 0.923 bits per heavy atom. The first-order chi connectivity index (χ1) is 12.6. The van der Waals surface area contributed by atoms with Gasteiger partial charge in [0.1, 0.15) is 5.82 Å². The largest absolute Gasteiger partial charge is 0.348 e. The van der Waals surface area contributed by atoms with Gasteiger partial charge in [0.25, 0.3) is 11.8 Å². The number of nitrogens with one attached hydrogen (secondary N) is 2. The topological polar surface area (TPSA) is 84.0 Å². The van der Waals surface area contributed by atoms with Gasteiger partial charge >= 0.3 is 0 Å². The fraction of sp³-hybridized carbons (Fsp3) is 0.0526. The number of nitrogens with zero attached hydrogens (tertiary/aromatic N) is 2. The Morgan fingerprint density at radius 2 is 1.65 bits per heavy atom. The van der Waals surface area contributed by atoms with Crippen molar-refractivity contribution in [3.8, 4) is 0 Å². The van der Waals surface area contributed by atoms with Gasteiger partial charge in [-0.1, -0.05) is 6.07 Å². The molecule has 0 fully saturated rings. The van der Waals surface area contributed by atoms with Crippen LogP contribution in [0.4, 0.5) is 10.1 Å². The Bertz CT molecular complexity index is 914. The molecule has 7 heteroatoms. The van der Waals surface area contributed by atoms with Crippen LogP contribution in [0.25, 0.3) is 0 Å². The van der Waals surface area contributed by atoms with E-state index in [9.17, 15) is 14.0 Å². The summed E-state index contributed by atoms with van der Waals surface area (Å²) in [4.78, 5) is 32.4. The van der Waals surface area contributed by atoms with Gasteiger partial charge in [0.15, 0.2) is 0 Å². The van der Waals surface area contributed by atoms with Crippen LogP contribution in [-0.2, 0) is 6.54 Å². The number of benzene rings is 1. The molecule has 2 N–H and O–H groups in total. The molecule has 0 bridgehead atoms. The molecule has 0 saturated heterocycles. The lowest BCUT2D eigenvalue weighted by Crippen LogP contribution is -2.23. The van der Waals surface area contributed by atoms with Crippen molar-refractivity contribution in [1.82, 2.24) is 15.3 Å². The summed E-state index contributed by atoms with van der Waals surface area (Å²) in [5.74, 6) is -1.18. The molecular formula is C19H15FN4O2. The number of hydrogen-bond donors (Lipinski definition) is 2. The normalized spacial score (nSPS) is 10.2. The Labute approximate surface area is 149 Å². The summed E-state index contributed by atoms with van der Waals surface area (Å²) in [7, 11) is 0. The van der Waals surface area contributed by atoms with Crippen LogP contribution in [0.1, 0.15) is 26.3 Å². The molecule has 0 atom stereocenters. The third kappa shape index (κ3) is 4.47. The molecule has 26 heavy (non-hydrogen) atoms. The van der Waals surface area contributed by atoms with E-state index in [2.05, 4.69) is 20.6 Å². The molecule has 2 amide bonds. The minimum Gasteiger partial charge on any atom is -0.348 e. The molecule has 0 spiro atoms. The average molecular weight is 350 g/mol. The summed E-state index contributed by atoms with van der Waals surface area (Å²) in [5, 5.41) is 5.37. The molecule has 3 aromatic rings. The predicted molar refractivity (Wildman–Crippen MR) is 94.0 cm³/mol. The van der Waals surface area contributed by atoms with Crippen molar-refractivity contribution in [3.05, 3.63) is 89.8 Å². The van der Waals surface area contributed by atoms with E-state index >= 15 is 0 Å². The van der Waals surface area contributed by atoms with E-state index in [0.29, 0.717) is 12.2 Å². The van der Waals surface area contributed by atoms with E-state index in [1.54, 1.807) is 18.5 Å². The molecule has 0 saturated carbocycles. The number of carbonyl (C=O) groups excluding carboxylic acids is 2. The molecule has 130 valence electrons. The Morgan fingerprint density at radius 3 is 2.35 bits per heavy atom. The zero-order valence-corrected chi connectivity index (χ0v) is 13.6. The van der Waals surface area contributed by atoms with Crippen molar-refractivity contribution < 1.29 is 14.0 Å². The van der Waals surface area contributed by atoms with Crippen LogP contribution >= 0.6 is 0 Å². The maximum Gasteiger partial charge on any atom is 0.257 e. The quantitative estimate of drug-likeness (QED) is 0.741. The van der Waals surface area contributed by atoms with Gasteiger partial charge in [-0.05, 0) is 42.0 Å². The number of halogens is 1. The first kappa shape index (κ1) is 17.2. The molecule has 3 rings (SSSR count). The zero-order valence-electron chi connectivity index (χ0n) is 13.6. The molecule has 0 aliphatic rings. The van der Waals surface area contributed by atoms with Gasteiger partial charge in [-0.25, -0.2) is 4.39 Å². The number of rotatable bonds is 5. The van der Waals surface area contributed by atoms with E-state index in [1.165, 1.54) is 42.7 Å². The molecule has 2 aromatic heterocycles. The second-order valence-electron chi connectivity index (χ2n) is 5.47. The van der Waals surface area contributed by atoms with Crippen LogP contribution in [-0.4, -0.2) is 21.8 Å². The van der Waals surface area contributed by atoms with Crippen molar-refractivity contribution >= 4 is 17.5 Å². The SMILES string of the molecule is O=C(NCc1cccnc1)c1cncc(C(=O)Nc2ccc(F)cc2)c1. The Hall–Kier alpha value is -3.61. The summed E-state index contributed by atoms with van der Waals surface area (Å²) in [5.41, 5.74) is 1.80. The first-order valence-electron chi connectivity index (χ1n) is 7.81. The summed E-state index contributed by atoms with van der Waals surface area (Å²) < 4.78 is 12.9. The second-order valence-corrected chi connectivity index (χ2v) is 5.47. The number of pyridine rings is 2. The third-order valence-corrected chi connectivity index (χ3v) is 3.54. The molecule has 0 aliphatic carbocycles. The highest BCUT2D eigenvalue weighted by atomic mass is 19.1. The number of amides is 2. The van der Waals surface area contributed by atoms with Crippen LogP contribution in [0.2, 0.25) is 0 Å². The lowest BCUT2D eigenvalue weighted by molar-refractivity contribution is 0.0950. The number of carbonyl (C=O) groups is 2. The molecule has 6 nitrogen and oxygen atoms in total. The smallest absolute Gasteiger partial charge is 0.257 e. The molecule has 1 aromatic carbocycles. The first-order valence-corrected chi connectivity index (χ1v) is 7.81. The Balaban J connectivity index is 1.66. The summed E-state index contributed by atoms with van der Waals surface area (Å²) >= 11 is 0. The van der Waals surface area contributed by atoms with Crippen LogP contribution in [0.5, 0.6) is 0 Å². The fourth-order valence-electron chi connectivity index (χ4n) is 2.21. The van der Waals surface area contributed by atoms with Gasteiger partial charge < -0.3 is 10.6 Å². The van der Waals surface area contributed by atoms with Crippen LogP contribution in [0, 0.1) is 5.82 Å². The Kier molecular flexibility index (Phi) is 5.28. The number of anilines is 1. The monoisotopic (exact) mass is 350 g/mol. The maximum absolute atomic E-state index is 12.9. The number of hydrogen-bond acceptors (Lipinski definition) is 4. The van der Waals surface area contributed by atoms with Gasteiger partial charge in [0.05, 0.1) is 11.1 Å². The summed E-state index contributed by atoms with van der Waals surface area (Å²) in [6, 6.07) is 10.5. The van der Waals surface area contributed by atoms with Crippen LogP contribution in [0.15, 0.2) is 67.3 Å². The molecular weight excluding hydrogens is 335 g/mol. The fourth-order valence-corrected chi connectivity index (χ4v) is 2.21. The second kappa shape index (κ2) is 7.98. The van der Waals surface area contributed by atoms with Crippen LogP contribution in [0.3, 0.4) is 0 Å². The van der Waals surface area contributed by atoms with E-state index in [4.69, 9.17) is 0 Å². The van der Waals surface area contributed by atoms with E-state index < -0.39 is 11.7 Å². The van der Waals surface area contributed by atoms with E-state index in [0.717, 1.165) is 5.56 Å². The minimum absolute atomic E-state index is 0.225. The zero-order chi connectivity index (χ0) is 18.4. The lowest BCUT2D eigenvalue weighted by atomic mass is 10.1. The van der Waals surface area contributed by atoms with Gasteiger partial charge in [0.2, 0.25) is 0 Å². The predicted octanol–water partition coefficient (Wildman–Crippen LogP) is 2.80. The third-order valence-electron chi connectivity index (χ3n) is 3.54. The standard InChI is InChI=1S/C19H15FN4O2/c20-16-3-5-17(6-4-16)24-19(26)15-8-14(11-22-12-15)18(25)23-10-13-2-1-7-21-9-13/h1-9,11-12H,10H2,(H,23,25)(H,24,26). The van der Waals surface area contributed by atoms with E-state index in [1.807, 2.05) is 6.07 Å². The van der Waals surface area contributed by atoms with Gasteiger partial charge in [-0.2, -0.15) is 0 Å².